The number of benzene rings is 6. The van der Waals surface area contributed by atoms with Crippen molar-refractivity contribution >= 4 is 0 Å². The Morgan fingerprint density at radius 3 is 1.50 bits per heavy atom. The molecule has 0 heteroatoms. The van der Waals surface area contributed by atoms with E-state index in [2.05, 4.69) is 144 Å². The van der Waals surface area contributed by atoms with Gasteiger partial charge in [0.2, 0.25) is 0 Å². The van der Waals surface area contributed by atoms with E-state index in [1.807, 2.05) is 0 Å². The number of rotatable bonds is 2. The minimum absolute atomic E-state index is 0.426. The molecule has 3 aliphatic carbocycles. The molecular formula is C48H46. The highest BCUT2D eigenvalue weighted by atomic mass is 14.3. The van der Waals surface area contributed by atoms with Gasteiger partial charge in [0.1, 0.15) is 0 Å². The Labute approximate surface area is 287 Å². The maximum atomic E-state index is 2.51. The van der Waals surface area contributed by atoms with Crippen LogP contribution in [0.1, 0.15) is 79.6 Å². The summed E-state index contributed by atoms with van der Waals surface area (Å²) >= 11 is 0. The Hall–Kier alpha value is -4.68. The summed E-state index contributed by atoms with van der Waals surface area (Å²) < 4.78 is 0. The summed E-state index contributed by atoms with van der Waals surface area (Å²) in [5.74, 6) is 0.426. The van der Waals surface area contributed by atoms with Crippen molar-refractivity contribution in [3.8, 4) is 33.4 Å². The van der Waals surface area contributed by atoms with Gasteiger partial charge in [0.25, 0.3) is 0 Å². The van der Waals surface area contributed by atoms with E-state index in [-0.39, 0.29) is 0 Å². The van der Waals surface area contributed by atoms with E-state index in [4.69, 9.17) is 0 Å². The van der Waals surface area contributed by atoms with E-state index in [0.717, 1.165) is 25.7 Å². The number of fused-ring (bicyclic) bond motifs is 9. The molecule has 6 aromatic carbocycles. The molecule has 6 aromatic rings. The summed E-state index contributed by atoms with van der Waals surface area (Å²) in [4.78, 5) is 0. The van der Waals surface area contributed by atoms with Gasteiger partial charge in [0.15, 0.2) is 0 Å². The van der Waals surface area contributed by atoms with Gasteiger partial charge in [-0.3, -0.25) is 0 Å². The zero-order valence-corrected chi connectivity index (χ0v) is 29.2. The fourth-order valence-electron chi connectivity index (χ4n) is 8.45. The average molecular weight is 623 g/mol. The fourth-order valence-corrected chi connectivity index (χ4v) is 8.45. The first kappa shape index (κ1) is 30.6. The fraction of sp³-hybridized carbons (Fsp3) is 0.250. The minimum Gasteiger partial charge on any atom is -0.0613 e. The van der Waals surface area contributed by atoms with Gasteiger partial charge < -0.3 is 0 Å². The van der Waals surface area contributed by atoms with Gasteiger partial charge in [-0.05, 0) is 144 Å². The maximum absolute atomic E-state index is 2.51. The van der Waals surface area contributed by atoms with Gasteiger partial charge in [-0.1, -0.05) is 138 Å². The lowest BCUT2D eigenvalue weighted by molar-refractivity contribution is 0.789. The highest BCUT2D eigenvalue weighted by Crippen LogP contribution is 2.45. The highest BCUT2D eigenvalue weighted by molar-refractivity contribution is 5.78. The normalized spacial score (nSPS) is 15.1. The third kappa shape index (κ3) is 5.62. The van der Waals surface area contributed by atoms with Crippen molar-refractivity contribution < 1.29 is 0 Å². The van der Waals surface area contributed by atoms with E-state index in [1.165, 1.54) is 113 Å². The predicted molar refractivity (Wildman–Crippen MR) is 204 cm³/mol. The Kier molecular flexibility index (Phi) is 7.92. The Morgan fingerprint density at radius 1 is 0.417 bits per heavy atom. The van der Waals surface area contributed by atoms with E-state index >= 15 is 0 Å². The Bertz CT molecular complexity index is 2140. The molecule has 0 heterocycles. The summed E-state index contributed by atoms with van der Waals surface area (Å²) in [5, 5.41) is 0. The van der Waals surface area contributed by atoms with Crippen molar-refractivity contribution in [3.63, 3.8) is 0 Å². The molecule has 0 amide bonds. The van der Waals surface area contributed by atoms with Gasteiger partial charge in [-0.25, -0.2) is 0 Å². The van der Waals surface area contributed by atoms with Crippen LogP contribution in [0.4, 0.5) is 0 Å². The van der Waals surface area contributed by atoms with Crippen LogP contribution in [0.2, 0.25) is 0 Å². The summed E-state index contributed by atoms with van der Waals surface area (Å²) in [7, 11) is 0. The van der Waals surface area contributed by atoms with E-state index in [1.54, 1.807) is 0 Å². The molecule has 0 saturated heterocycles. The predicted octanol–water partition coefficient (Wildman–Crippen LogP) is 12.1. The molecule has 0 aromatic heterocycles. The van der Waals surface area contributed by atoms with Crippen LogP contribution in [0.3, 0.4) is 0 Å². The number of hydrogen-bond acceptors (Lipinski definition) is 0. The van der Waals surface area contributed by atoms with Crippen molar-refractivity contribution in [3.05, 3.63) is 176 Å². The van der Waals surface area contributed by atoms with Crippen molar-refractivity contribution in [2.24, 2.45) is 0 Å². The van der Waals surface area contributed by atoms with Crippen LogP contribution in [0.15, 0.2) is 109 Å². The molecule has 3 aliphatic rings. The second kappa shape index (κ2) is 12.4. The first-order valence-corrected chi connectivity index (χ1v) is 18.0. The largest absolute Gasteiger partial charge is 0.0613 e. The lowest BCUT2D eigenvalue weighted by atomic mass is 9.74. The smallest absolute Gasteiger partial charge is 0.0136 e. The topological polar surface area (TPSA) is 0 Å². The SMILES string of the molecule is CCc1ccc2c(c1)CCc1cc(C3Cc4ccc(C)cc4-c4cc(C)ccc43)ccc1-2.Cc1ccc2c(c1)-c1cc(C)ccc1CC2. The molecule has 1 atom stereocenters. The van der Waals surface area contributed by atoms with Crippen LogP contribution in [-0.4, -0.2) is 0 Å². The van der Waals surface area contributed by atoms with Crippen molar-refractivity contribution in [2.45, 2.75) is 79.1 Å². The summed E-state index contributed by atoms with van der Waals surface area (Å²) in [5.41, 5.74) is 25.9. The zero-order chi connectivity index (χ0) is 32.9. The quantitative estimate of drug-likeness (QED) is 0.180. The third-order valence-corrected chi connectivity index (χ3v) is 11.1. The summed E-state index contributed by atoms with van der Waals surface area (Å²) in [6, 6.07) is 42.1. The molecule has 238 valence electrons. The zero-order valence-electron chi connectivity index (χ0n) is 29.2. The van der Waals surface area contributed by atoms with Gasteiger partial charge in [0, 0.05) is 5.92 Å². The highest BCUT2D eigenvalue weighted by Gasteiger charge is 2.27. The Morgan fingerprint density at radius 2 is 0.896 bits per heavy atom. The molecule has 0 saturated carbocycles. The second-order valence-corrected chi connectivity index (χ2v) is 14.6. The summed E-state index contributed by atoms with van der Waals surface area (Å²) in [6.07, 6.45) is 6.87. The average Bonchev–Trinajstić information content (AvgIpc) is 3.11. The second-order valence-electron chi connectivity index (χ2n) is 14.6. The number of aryl methyl sites for hydroxylation is 9. The minimum atomic E-state index is 0.426. The standard InChI is InChI=1S/C32H30.C16H16/c1-4-22-7-13-27-23(17-22)9-10-24-18-25(11-14-28(24)27)31-19-26-8-5-20(2)15-30(26)32-16-21(3)6-12-29(31)32;1-11-3-5-13-7-8-14-6-4-12(2)10-16(14)15(13)9-11/h5-8,11-18,31H,4,9-10,19H2,1-3H3;3-6,9-10H,7-8H2,1-2H3. The first-order chi connectivity index (χ1) is 23.3. The lowest BCUT2D eigenvalue weighted by Gasteiger charge is -2.30. The van der Waals surface area contributed by atoms with Crippen molar-refractivity contribution in [2.75, 3.05) is 0 Å². The molecule has 48 heavy (non-hydrogen) atoms. The van der Waals surface area contributed by atoms with Crippen LogP contribution < -0.4 is 0 Å². The molecule has 0 bridgehead atoms. The molecule has 0 spiro atoms. The summed E-state index contributed by atoms with van der Waals surface area (Å²) in [6.45, 7) is 11.0. The van der Waals surface area contributed by atoms with Gasteiger partial charge >= 0.3 is 0 Å². The molecule has 0 radical (unpaired) electrons. The molecule has 9 rings (SSSR count). The van der Waals surface area contributed by atoms with Crippen LogP contribution in [0, 0.1) is 27.7 Å². The van der Waals surface area contributed by atoms with Crippen LogP contribution in [0.5, 0.6) is 0 Å². The van der Waals surface area contributed by atoms with Gasteiger partial charge in [-0.2, -0.15) is 0 Å². The molecule has 0 N–H and O–H groups in total. The van der Waals surface area contributed by atoms with Crippen molar-refractivity contribution in [1.82, 2.24) is 0 Å². The molecular weight excluding hydrogens is 577 g/mol. The monoisotopic (exact) mass is 622 g/mol. The molecule has 0 aliphatic heterocycles. The van der Waals surface area contributed by atoms with Crippen LogP contribution in [-0.2, 0) is 38.5 Å². The lowest BCUT2D eigenvalue weighted by Crippen LogP contribution is -2.14. The molecule has 1 unspecified atom stereocenters. The third-order valence-electron chi connectivity index (χ3n) is 11.1. The van der Waals surface area contributed by atoms with Crippen LogP contribution >= 0.6 is 0 Å². The Balaban J connectivity index is 0.000000176. The van der Waals surface area contributed by atoms with Gasteiger partial charge in [0.05, 0.1) is 0 Å². The van der Waals surface area contributed by atoms with E-state index < -0.39 is 0 Å². The molecule has 0 nitrogen and oxygen atoms in total. The van der Waals surface area contributed by atoms with Crippen molar-refractivity contribution in [1.29, 1.82) is 0 Å². The maximum Gasteiger partial charge on any atom is 0.0136 e. The van der Waals surface area contributed by atoms with E-state index in [9.17, 15) is 0 Å². The number of hydrogen-bond donors (Lipinski definition) is 0. The first-order valence-electron chi connectivity index (χ1n) is 18.0. The van der Waals surface area contributed by atoms with Crippen LogP contribution in [0.25, 0.3) is 33.4 Å². The van der Waals surface area contributed by atoms with Gasteiger partial charge in [-0.15, -0.1) is 0 Å². The van der Waals surface area contributed by atoms with E-state index in [0.29, 0.717) is 5.92 Å². The molecule has 0 fully saturated rings.